The highest BCUT2D eigenvalue weighted by atomic mass is 16.5. The average molecular weight is 461 g/mol. The average Bonchev–Trinajstić information content (AvgIpc) is 3.03. The van der Waals surface area contributed by atoms with Crippen LogP contribution in [-0.4, -0.2) is 47.0 Å². The van der Waals surface area contributed by atoms with Crippen LogP contribution in [0.2, 0.25) is 0 Å². The van der Waals surface area contributed by atoms with Crippen molar-refractivity contribution in [3.8, 4) is 5.75 Å². The molecule has 1 aliphatic carbocycles. The number of ether oxygens (including phenoxy) is 1. The molecule has 0 aromatic heterocycles. The van der Waals surface area contributed by atoms with E-state index in [2.05, 4.69) is 0 Å². The Morgan fingerprint density at radius 2 is 1.62 bits per heavy atom. The van der Waals surface area contributed by atoms with Crippen LogP contribution in [0, 0.1) is 5.41 Å². The molecule has 1 heterocycles. The highest BCUT2D eigenvalue weighted by Crippen LogP contribution is 2.38. The van der Waals surface area contributed by atoms with E-state index < -0.39 is 0 Å². The first-order chi connectivity index (χ1) is 16.2. The maximum atomic E-state index is 13.0. The van der Waals surface area contributed by atoms with Gasteiger partial charge in [0.05, 0.1) is 29.5 Å². The summed E-state index contributed by atoms with van der Waals surface area (Å²) in [5, 5.41) is 10.8. The van der Waals surface area contributed by atoms with Crippen LogP contribution in [0.15, 0.2) is 64.9 Å². The first-order valence-electron chi connectivity index (χ1n) is 11.3. The maximum absolute atomic E-state index is 13.0. The van der Waals surface area contributed by atoms with Crippen LogP contribution in [0.25, 0.3) is 0 Å². The lowest BCUT2D eigenvalue weighted by Gasteiger charge is -2.30. The van der Waals surface area contributed by atoms with Crippen molar-refractivity contribution in [2.24, 2.45) is 10.4 Å². The number of carbonyl (C=O) groups is 3. The quantitative estimate of drug-likeness (QED) is 0.461. The van der Waals surface area contributed by atoms with Gasteiger partial charge in [0, 0.05) is 19.4 Å². The fourth-order valence-corrected chi connectivity index (χ4v) is 4.57. The number of aliphatic hydroxyl groups is 1. The summed E-state index contributed by atoms with van der Waals surface area (Å²) in [7, 11) is 1.54. The van der Waals surface area contributed by atoms with E-state index in [1.165, 1.54) is 4.90 Å². The molecule has 34 heavy (non-hydrogen) atoms. The van der Waals surface area contributed by atoms with Crippen LogP contribution in [0.1, 0.15) is 60.2 Å². The highest BCUT2D eigenvalue weighted by Gasteiger charge is 2.37. The molecule has 7 heteroatoms. The third kappa shape index (κ3) is 4.51. The second-order valence-corrected chi connectivity index (χ2v) is 9.40. The van der Waals surface area contributed by atoms with Crippen LogP contribution in [-0.2, 0) is 4.79 Å². The zero-order chi connectivity index (χ0) is 24.5. The van der Waals surface area contributed by atoms with E-state index in [0.717, 1.165) is 0 Å². The third-order valence-electron chi connectivity index (χ3n) is 6.16. The Morgan fingerprint density at radius 1 is 1.00 bits per heavy atom. The van der Waals surface area contributed by atoms with Gasteiger partial charge in [-0.05, 0) is 42.5 Å². The van der Waals surface area contributed by atoms with Crippen molar-refractivity contribution in [2.75, 3.05) is 13.7 Å². The van der Waals surface area contributed by atoms with Gasteiger partial charge in [-0.25, -0.2) is 4.99 Å². The minimum absolute atomic E-state index is 0.0237. The number of benzene rings is 2. The van der Waals surface area contributed by atoms with Crippen molar-refractivity contribution in [1.82, 2.24) is 4.90 Å². The number of fused-ring (bicyclic) bond motifs is 1. The third-order valence-corrected chi connectivity index (χ3v) is 6.16. The Balaban J connectivity index is 1.61. The van der Waals surface area contributed by atoms with Crippen molar-refractivity contribution < 1.29 is 24.2 Å². The number of methoxy groups -OCH3 is 1. The fraction of sp³-hybridized carbons (Fsp3) is 0.333. The molecular weight excluding hydrogens is 432 g/mol. The van der Waals surface area contributed by atoms with Gasteiger partial charge >= 0.3 is 0 Å². The topological polar surface area (TPSA) is 96.3 Å². The van der Waals surface area contributed by atoms with Crippen LogP contribution < -0.4 is 4.74 Å². The number of allylic oxidation sites excluding steroid dienone is 2. The first kappa shape index (κ1) is 23.4. The number of imide groups is 1. The summed E-state index contributed by atoms with van der Waals surface area (Å²) in [5.74, 6) is -0.231. The molecule has 2 aliphatic rings. The van der Waals surface area contributed by atoms with E-state index in [-0.39, 0.29) is 40.9 Å². The van der Waals surface area contributed by atoms with Crippen molar-refractivity contribution in [3.63, 3.8) is 0 Å². The number of aliphatic hydroxyl groups excluding tert-OH is 1. The van der Waals surface area contributed by atoms with E-state index in [0.29, 0.717) is 54.0 Å². The number of Topliss-reactive ketones (excluding diaryl/α,β-unsaturated/α-hetero) is 1. The lowest BCUT2D eigenvalue weighted by molar-refractivity contribution is -0.118. The van der Waals surface area contributed by atoms with E-state index in [4.69, 9.17) is 9.73 Å². The number of carbonyl (C=O) groups excluding carboxylic acids is 3. The summed E-state index contributed by atoms with van der Waals surface area (Å²) in [6, 6.07) is 14.0. The minimum Gasteiger partial charge on any atom is -0.511 e. The lowest BCUT2D eigenvalue weighted by Crippen LogP contribution is -2.32. The molecule has 0 saturated heterocycles. The molecule has 0 fully saturated rings. The molecule has 176 valence electrons. The molecule has 0 radical (unpaired) electrons. The van der Waals surface area contributed by atoms with E-state index in [1.54, 1.807) is 43.5 Å². The number of nitrogens with zero attached hydrogens (tertiary/aromatic N) is 2. The first-order valence-corrected chi connectivity index (χ1v) is 11.3. The molecule has 2 aromatic carbocycles. The van der Waals surface area contributed by atoms with Crippen LogP contribution in [0.3, 0.4) is 0 Å². The molecule has 0 bridgehead atoms. The van der Waals surface area contributed by atoms with Gasteiger partial charge in [0.25, 0.3) is 11.8 Å². The summed E-state index contributed by atoms with van der Waals surface area (Å²) >= 11 is 0. The number of para-hydroxylation sites is 2. The Hall–Kier alpha value is -3.74. The van der Waals surface area contributed by atoms with Crippen LogP contribution in [0.4, 0.5) is 5.69 Å². The summed E-state index contributed by atoms with van der Waals surface area (Å²) in [6.45, 7) is 4.07. The smallest absolute Gasteiger partial charge is 0.261 e. The van der Waals surface area contributed by atoms with Crippen LogP contribution in [0.5, 0.6) is 5.75 Å². The zero-order valence-electron chi connectivity index (χ0n) is 19.6. The predicted octanol–water partition coefficient (Wildman–Crippen LogP) is 5.05. The largest absolute Gasteiger partial charge is 0.511 e. The van der Waals surface area contributed by atoms with Crippen molar-refractivity contribution in [3.05, 3.63) is 71.0 Å². The molecule has 0 spiro atoms. The lowest BCUT2D eigenvalue weighted by atomic mass is 9.75. The second-order valence-electron chi connectivity index (χ2n) is 9.40. The van der Waals surface area contributed by atoms with E-state index in [9.17, 15) is 19.5 Å². The number of ketones is 1. The van der Waals surface area contributed by atoms with Gasteiger partial charge in [-0.15, -0.1) is 0 Å². The summed E-state index contributed by atoms with van der Waals surface area (Å²) in [4.78, 5) is 44.3. The SMILES string of the molecule is COc1ccccc1N=C(CCCN1C(=O)c2ccccc2C1=O)C1=C(O)CC(C)(C)CC1=O. The Labute approximate surface area is 198 Å². The standard InChI is InChI=1S/C27H28N2O5/c1-27(2)15-21(30)24(22(31)16-27)20(28-19-11-6-7-13-23(19)34-3)12-8-14-29-25(32)17-9-4-5-10-18(17)26(29)33/h4-7,9-11,13,30H,8,12,14-16H2,1-3H3. The van der Waals surface area contributed by atoms with Crippen LogP contribution >= 0.6 is 0 Å². The molecule has 1 N–H and O–H groups in total. The Morgan fingerprint density at radius 3 is 2.24 bits per heavy atom. The van der Waals surface area contributed by atoms with Gasteiger partial charge in [-0.3, -0.25) is 19.3 Å². The molecule has 0 unspecified atom stereocenters. The van der Waals surface area contributed by atoms with Gasteiger partial charge in [0.2, 0.25) is 0 Å². The summed E-state index contributed by atoms with van der Waals surface area (Å²) in [6.07, 6.45) is 1.37. The molecule has 2 aromatic rings. The van der Waals surface area contributed by atoms with E-state index in [1.807, 2.05) is 26.0 Å². The Kier molecular flexibility index (Phi) is 6.37. The van der Waals surface area contributed by atoms with Gasteiger partial charge in [0.15, 0.2) is 5.78 Å². The molecule has 7 nitrogen and oxygen atoms in total. The van der Waals surface area contributed by atoms with Gasteiger partial charge in [0.1, 0.15) is 17.2 Å². The predicted molar refractivity (Wildman–Crippen MR) is 129 cm³/mol. The summed E-state index contributed by atoms with van der Waals surface area (Å²) in [5.41, 5.74) is 1.67. The number of aliphatic imine (C=N–C) groups is 1. The highest BCUT2D eigenvalue weighted by molar-refractivity contribution is 6.24. The molecule has 1 aliphatic heterocycles. The second kappa shape index (κ2) is 9.25. The van der Waals surface area contributed by atoms with Gasteiger partial charge < -0.3 is 9.84 Å². The fourth-order valence-electron chi connectivity index (χ4n) is 4.57. The van der Waals surface area contributed by atoms with Crippen molar-refractivity contribution in [2.45, 2.75) is 39.5 Å². The molecular formula is C27H28N2O5. The number of rotatable bonds is 7. The molecule has 2 amide bonds. The molecule has 0 atom stereocenters. The van der Waals surface area contributed by atoms with E-state index >= 15 is 0 Å². The number of hydrogen-bond acceptors (Lipinski definition) is 6. The van der Waals surface area contributed by atoms with Gasteiger partial charge in [-0.1, -0.05) is 38.1 Å². The number of amides is 2. The van der Waals surface area contributed by atoms with Gasteiger partial charge in [-0.2, -0.15) is 0 Å². The van der Waals surface area contributed by atoms with Crippen molar-refractivity contribution >= 4 is 29.0 Å². The molecule has 4 rings (SSSR count). The van der Waals surface area contributed by atoms with Crippen molar-refractivity contribution in [1.29, 1.82) is 0 Å². The minimum atomic E-state index is -0.333. The summed E-state index contributed by atoms with van der Waals surface area (Å²) < 4.78 is 5.40. The Bertz CT molecular complexity index is 1190. The normalized spacial score (nSPS) is 17.9. The number of hydrogen-bond donors (Lipinski definition) is 1. The zero-order valence-corrected chi connectivity index (χ0v) is 19.6. The molecule has 0 saturated carbocycles. The maximum Gasteiger partial charge on any atom is 0.261 e. The monoisotopic (exact) mass is 460 g/mol.